The summed E-state index contributed by atoms with van der Waals surface area (Å²) in [6, 6.07) is 0. The Morgan fingerprint density at radius 3 is 2.41 bits per heavy atom. The van der Waals surface area contributed by atoms with Crippen LogP contribution >= 0.6 is 24.0 Å². The van der Waals surface area contributed by atoms with Gasteiger partial charge in [-0.25, -0.2) is 4.99 Å². The minimum absolute atomic E-state index is 0. The molecule has 0 unspecified atom stereocenters. The summed E-state index contributed by atoms with van der Waals surface area (Å²) in [6.07, 6.45) is 1.03. The molecule has 0 bridgehead atoms. The molecule has 0 heterocycles. The molecule has 0 rings (SSSR count). The summed E-state index contributed by atoms with van der Waals surface area (Å²) in [6.45, 7) is 8.92. The van der Waals surface area contributed by atoms with Crippen LogP contribution in [-0.2, 0) is 9.53 Å². The quantitative estimate of drug-likeness (QED) is 0.190. The highest BCUT2D eigenvalue weighted by molar-refractivity contribution is 14.0. The number of carbonyl (C=O) groups is 1. The van der Waals surface area contributed by atoms with E-state index in [1.165, 1.54) is 0 Å². The monoisotopic (exact) mass is 429 g/mol. The predicted molar refractivity (Wildman–Crippen MR) is 102 cm³/mol. The number of guanidine groups is 1. The van der Waals surface area contributed by atoms with Gasteiger partial charge < -0.3 is 25.6 Å². The van der Waals surface area contributed by atoms with Crippen LogP contribution in [0.3, 0.4) is 0 Å². The fourth-order valence-corrected chi connectivity index (χ4v) is 1.70. The molecule has 0 aliphatic carbocycles. The van der Waals surface area contributed by atoms with Crippen molar-refractivity contribution in [2.24, 2.45) is 4.99 Å². The van der Waals surface area contributed by atoms with Gasteiger partial charge in [-0.15, -0.1) is 24.0 Å². The number of halogens is 1. The molecule has 7 nitrogen and oxygen atoms in total. The number of methoxy groups -OCH3 is 1. The second kappa shape index (κ2) is 16.8. The van der Waals surface area contributed by atoms with E-state index in [0.29, 0.717) is 12.5 Å². The van der Waals surface area contributed by atoms with Gasteiger partial charge in [-0.05, 0) is 27.3 Å². The second-order valence-electron chi connectivity index (χ2n) is 4.73. The largest absolute Gasteiger partial charge is 0.385 e. The van der Waals surface area contributed by atoms with Gasteiger partial charge in [-0.2, -0.15) is 0 Å². The highest BCUT2D eigenvalue weighted by Gasteiger charge is 2.02. The summed E-state index contributed by atoms with van der Waals surface area (Å²) in [5.41, 5.74) is 0. The number of rotatable bonds is 11. The molecular formula is C14H32IN5O2. The smallest absolute Gasteiger partial charge is 0.241 e. The Labute approximate surface area is 151 Å². The Balaban J connectivity index is 0. The van der Waals surface area contributed by atoms with Gasteiger partial charge in [0.2, 0.25) is 5.91 Å². The van der Waals surface area contributed by atoms with E-state index >= 15 is 0 Å². The molecule has 0 atom stereocenters. The zero-order valence-corrected chi connectivity index (χ0v) is 16.6. The lowest BCUT2D eigenvalue weighted by Gasteiger charge is -2.18. The normalized spacial score (nSPS) is 11.0. The average Bonchev–Trinajstić information content (AvgIpc) is 2.45. The highest BCUT2D eigenvalue weighted by Crippen LogP contribution is 1.87. The Hall–Kier alpha value is -0.610. The molecule has 0 aliphatic rings. The molecule has 8 heteroatoms. The van der Waals surface area contributed by atoms with Gasteiger partial charge in [0.25, 0.3) is 0 Å². The van der Waals surface area contributed by atoms with Crippen LogP contribution in [0, 0.1) is 0 Å². The van der Waals surface area contributed by atoms with Gasteiger partial charge in [-0.3, -0.25) is 4.79 Å². The fourth-order valence-electron chi connectivity index (χ4n) is 1.70. The fraction of sp³-hybridized carbons (Fsp3) is 0.857. The average molecular weight is 429 g/mol. The molecule has 22 heavy (non-hydrogen) atoms. The SMILES string of the molecule is CCNC(=O)CN=C(NCC)NCCN(C)CCCOC.I. The first kappa shape index (κ1) is 23.7. The summed E-state index contributed by atoms with van der Waals surface area (Å²) < 4.78 is 5.03. The van der Waals surface area contributed by atoms with Crippen LogP contribution in [0.1, 0.15) is 20.3 Å². The molecule has 0 aliphatic heterocycles. The lowest BCUT2D eigenvalue weighted by Crippen LogP contribution is -2.41. The molecule has 0 saturated heterocycles. The van der Waals surface area contributed by atoms with Gasteiger partial charge >= 0.3 is 0 Å². The number of carbonyl (C=O) groups excluding carboxylic acids is 1. The van der Waals surface area contributed by atoms with Crippen molar-refractivity contribution >= 4 is 35.8 Å². The third-order valence-electron chi connectivity index (χ3n) is 2.77. The van der Waals surface area contributed by atoms with Gasteiger partial charge in [0.15, 0.2) is 5.96 Å². The van der Waals surface area contributed by atoms with Crippen LogP contribution in [0.4, 0.5) is 0 Å². The minimum atomic E-state index is -0.0635. The number of aliphatic imine (C=N–C) groups is 1. The number of nitrogens with one attached hydrogen (secondary N) is 3. The third kappa shape index (κ3) is 14.3. The maximum absolute atomic E-state index is 11.4. The molecule has 0 fully saturated rings. The molecule has 0 spiro atoms. The summed E-state index contributed by atoms with van der Waals surface area (Å²) >= 11 is 0. The molecule has 0 aromatic rings. The van der Waals surface area contributed by atoms with E-state index in [-0.39, 0.29) is 36.4 Å². The van der Waals surface area contributed by atoms with Crippen molar-refractivity contribution in [3.8, 4) is 0 Å². The number of hydrogen-bond donors (Lipinski definition) is 3. The Kier molecular flexibility index (Phi) is 18.0. The van der Waals surface area contributed by atoms with Gasteiger partial charge in [0.05, 0.1) is 0 Å². The summed E-state index contributed by atoms with van der Waals surface area (Å²) in [4.78, 5) is 17.9. The summed E-state index contributed by atoms with van der Waals surface area (Å²) in [5, 5.41) is 9.08. The molecule has 0 aromatic carbocycles. The molecule has 0 saturated carbocycles. The zero-order chi connectivity index (χ0) is 15.9. The predicted octanol–water partition coefficient (Wildman–Crippen LogP) is 0.264. The number of hydrogen-bond acceptors (Lipinski definition) is 4. The van der Waals surface area contributed by atoms with Crippen molar-refractivity contribution in [1.82, 2.24) is 20.9 Å². The van der Waals surface area contributed by atoms with Crippen molar-refractivity contribution in [1.29, 1.82) is 0 Å². The van der Waals surface area contributed by atoms with Crippen LogP contribution in [0.15, 0.2) is 4.99 Å². The van der Waals surface area contributed by atoms with Crippen molar-refractivity contribution < 1.29 is 9.53 Å². The highest BCUT2D eigenvalue weighted by atomic mass is 127. The lowest BCUT2D eigenvalue weighted by molar-refractivity contribution is -0.119. The van der Waals surface area contributed by atoms with E-state index in [1.54, 1.807) is 7.11 Å². The summed E-state index contributed by atoms with van der Waals surface area (Å²) in [5.74, 6) is 0.612. The molecule has 132 valence electrons. The van der Waals surface area contributed by atoms with E-state index < -0.39 is 0 Å². The first-order valence-corrected chi connectivity index (χ1v) is 7.60. The van der Waals surface area contributed by atoms with E-state index in [0.717, 1.165) is 39.2 Å². The van der Waals surface area contributed by atoms with Gasteiger partial charge in [-0.1, -0.05) is 0 Å². The van der Waals surface area contributed by atoms with E-state index in [1.807, 2.05) is 13.8 Å². The molecule has 1 amide bonds. The summed E-state index contributed by atoms with van der Waals surface area (Å²) in [7, 11) is 3.80. The maximum Gasteiger partial charge on any atom is 0.241 e. The maximum atomic E-state index is 11.4. The molecular weight excluding hydrogens is 397 g/mol. The van der Waals surface area contributed by atoms with Gasteiger partial charge in [0, 0.05) is 46.4 Å². The van der Waals surface area contributed by atoms with Crippen molar-refractivity contribution in [3.63, 3.8) is 0 Å². The van der Waals surface area contributed by atoms with E-state index in [9.17, 15) is 4.79 Å². The van der Waals surface area contributed by atoms with E-state index in [4.69, 9.17) is 4.74 Å². The van der Waals surface area contributed by atoms with Crippen LogP contribution in [0.5, 0.6) is 0 Å². The van der Waals surface area contributed by atoms with Crippen LogP contribution < -0.4 is 16.0 Å². The second-order valence-corrected chi connectivity index (χ2v) is 4.73. The minimum Gasteiger partial charge on any atom is -0.385 e. The number of likely N-dealkylation sites (N-methyl/N-ethyl adjacent to an activating group) is 2. The molecule has 3 N–H and O–H groups in total. The topological polar surface area (TPSA) is 78.0 Å². The first-order valence-electron chi connectivity index (χ1n) is 7.60. The lowest BCUT2D eigenvalue weighted by atomic mass is 10.4. The molecule has 0 aromatic heterocycles. The number of ether oxygens (including phenoxy) is 1. The van der Waals surface area contributed by atoms with Crippen molar-refractivity contribution in [2.75, 3.05) is 60.0 Å². The first-order chi connectivity index (χ1) is 10.1. The van der Waals surface area contributed by atoms with E-state index in [2.05, 4.69) is 32.9 Å². The number of amides is 1. The number of nitrogens with zero attached hydrogens (tertiary/aromatic N) is 2. The van der Waals surface area contributed by atoms with Crippen LogP contribution in [0.25, 0.3) is 0 Å². The van der Waals surface area contributed by atoms with Crippen molar-refractivity contribution in [2.45, 2.75) is 20.3 Å². The van der Waals surface area contributed by atoms with Crippen molar-refractivity contribution in [3.05, 3.63) is 0 Å². The molecule has 0 radical (unpaired) electrons. The zero-order valence-electron chi connectivity index (χ0n) is 14.3. The Bertz CT molecular complexity index is 303. The third-order valence-corrected chi connectivity index (χ3v) is 2.77. The van der Waals surface area contributed by atoms with Crippen LogP contribution in [0.2, 0.25) is 0 Å². The Morgan fingerprint density at radius 1 is 1.14 bits per heavy atom. The van der Waals surface area contributed by atoms with Gasteiger partial charge in [0.1, 0.15) is 6.54 Å². The Morgan fingerprint density at radius 2 is 1.82 bits per heavy atom. The standard InChI is InChI=1S/C14H31N5O2.HI/c1-5-15-13(20)12-18-14(16-6-2)17-8-10-19(3)9-7-11-21-4;/h5-12H2,1-4H3,(H,15,20)(H2,16,17,18);1H. The van der Waals surface area contributed by atoms with Crippen LogP contribution in [-0.4, -0.2) is 76.8 Å².